The molecule has 2 heterocycles. The first-order valence-corrected chi connectivity index (χ1v) is 7.71. The van der Waals surface area contributed by atoms with Crippen LogP contribution < -0.4 is 16.4 Å². The van der Waals surface area contributed by atoms with Gasteiger partial charge in [-0.05, 0) is 33.8 Å². The van der Waals surface area contributed by atoms with Crippen molar-refractivity contribution in [2.45, 2.75) is 27.7 Å². The van der Waals surface area contributed by atoms with Crippen molar-refractivity contribution in [3.8, 4) is 0 Å². The Hall–Kier alpha value is -1.89. The summed E-state index contributed by atoms with van der Waals surface area (Å²) < 4.78 is 0. The molecule has 0 saturated heterocycles. The second kappa shape index (κ2) is 5.85. The third-order valence-corrected chi connectivity index (χ3v) is 4.16. The smallest absolute Gasteiger partial charge is 0.226 e. The summed E-state index contributed by atoms with van der Waals surface area (Å²) >= 11 is 1.62. The maximum absolute atomic E-state index is 11.4. The van der Waals surface area contributed by atoms with E-state index in [4.69, 9.17) is 5.73 Å². The molecule has 21 heavy (non-hydrogen) atoms. The first-order valence-electron chi connectivity index (χ1n) is 6.89. The highest BCUT2D eigenvalue weighted by Crippen LogP contribution is 2.30. The molecule has 0 unspecified atom stereocenters. The Labute approximate surface area is 128 Å². The number of fused-ring (bicyclic) bond motifs is 1. The summed E-state index contributed by atoms with van der Waals surface area (Å²) in [6.45, 7) is 8.83. The van der Waals surface area contributed by atoms with Gasteiger partial charge >= 0.3 is 0 Å². The highest BCUT2D eigenvalue weighted by atomic mass is 32.1. The minimum atomic E-state index is -0.638. The number of thiophene rings is 1. The first kappa shape index (κ1) is 15.5. The number of nitrogens with zero attached hydrogens (tertiary/aromatic N) is 2. The van der Waals surface area contributed by atoms with Crippen molar-refractivity contribution in [1.82, 2.24) is 9.97 Å². The molecule has 6 nitrogen and oxygen atoms in total. The molecule has 0 spiro atoms. The summed E-state index contributed by atoms with van der Waals surface area (Å²) in [7, 11) is 0. The summed E-state index contributed by atoms with van der Waals surface area (Å²) in [4.78, 5) is 22.5. The van der Waals surface area contributed by atoms with Gasteiger partial charge in [-0.2, -0.15) is 4.98 Å². The lowest BCUT2D eigenvalue weighted by Gasteiger charge is -2.21. The first-order chi connectivity index (χ1) is 9.83. The van der Waals surface area contributed by atoms with Gasteiger partial charge in [0.25, 0.3) is 0 Å². The van der Waals surface area contributed by atoms with Crippen LogP contribution in [0.25, 0.3) is 10.2 Å². The molecule has 0 radical (unpaired) electrons. The van der Waals surface area contributed by atoms with Crippen molar-refractivity contribution in [1.29, 1.82) is 0 Å². The second-order valence-corrected chi connectivity index (χ2v) is 6.84. The van der Waals surface area contributed by atoms with Crippen LogP contribution in [0.5, 0.6) is 0 Å². The number of primary amides is 1. The molecular formula is C14H21N5OS. The van der Waals surface area contributed by atoms with Crippen LogP contribution in [0.2, 0.25) is 0 Å². The van der Waals surface area contributed by atoms with Crippen LogP contribution in [0.15, 0.2) is 6.07 Å². The van der Waals surface area contributed by atoms with Crippen molar-refractivity contribution < 1.29 is 4.79 Å². The normalized spacial score (nSPS) is 11.6. The topological polar surface area (TPSA) is 92.9 Å². The molecule has 0 aliphatic heterocycles. The lowest BCUT2D eigenvalue weighted by Crippen LogP contribution is -2.37. The van der Waals surface area contributed by atoms with Gasteiger partial charge in [0.1, 0.15) is 10.6 Å². The average Bonchev–Trinajstić information content (AvgIpc) is 2.76. The van der Waals surface area contributed by atoms with Crippen LogP contribution in [0.4, 0.5) is 11.8 Å². The van der Waals surface area contributed by atoms with Gasteiger partial charge in [0, 0.05) is 18.0 Å². The predicted octanol–water partition coefficient (Wildman–Crippen LogP) is 2.35. The molecule has 2 rings (SSSR count). The monoisotopic (exact) mass is 307 g/mol. The number of aromatic nitrogens is 2. The fourth-order valence-corrected chi connectivity index (χ4v) is 2.69. The zero-order chi connectivity index (χ0) is 15.6. The van der Waals surface area contributed by atoms with Crippen molar-refractivity contribution in [2.24, 2.45) is 11.1 Å². The number of nitrogens with one attached hydrogen (secondary N) is 2. The highest BCUT2D eigenvalue weighted by molar-refractivity contribution is 7.18. The molecule has 1 amide bonds. The van der Waals surface area contributed by atoms with Gasteiger partial charge in [-0.25, -0.2) is 4.98 Å². The second-order valence-electron chi connectivity index (χ2n) is 5.60. The minimum Gasteiger partial charge on any atom is -0.369 e. The van der Waals surface area contributed by atoms with Crippen LogP contribution in [0.1, 0.15) is 25.6 Å². The van der Waals surface area contributed by atoms with E-state index in [-0.39, 0.29) is 5.91 Å². The van der Waals surface area contributed by atoms with Crippen molar-refractivity contribution in [3.63, 3.8) is 0 Å². The fourth-order valence-electron chi connectivity index (χ4n) is 1.81. The molecule has 114 valence electrons. The molecule has 2 aromatic rings. The molecule has 0 bridgehead atoms. The fraction of sp³-hybridized carbons (Fsp3) is 0.500. The molecule has 0 atom stereocenters. The summed E-state index contributed by atoms with van der Waals surface area (Å²) in [5, 5.41) is 7.33. The van der Waals surface area contributed by atoms with Crippen molar-refractivity contribution in [3.05, 3.63) is 10.9 Å². The molecule has 0 aromatic carbocycles. The number of rotatable bonds is 6. The summed E-state index contributed by atoms with van der Waals surface area (Å²) in [5.74, 6) is 0.981. The lowest BCUT2D eigenvalue weighted by atomic mass is 9.93. The summed E-state index contributed by atoms with van der Waals surface area (Å²) in [6.07, 6.45) is 0. The van der Waals surface area contributed by atoms with E-state index in [0.29, 0.717) is 12.5 Å². The number of aryl methyl sites for hydroxylation is 1. The van der Waals surface area contributed by atoms with Crippen LogP contribution in [0, 0.1) is 12.3 Å². The van der Waals surface area contributed by atoms with Crippen molar-refractivity contribution in [2.75, 3.05) is 23.7 Å². The third kappa shape index (κ3) is 3.41. The quantitative estimate of drug-likeness (QED) is 0.762. The van der Waals surface area contributed by atoms with E-state index in [2.05, 4.69) is 26.7 Å². The lowest BCUT2D eigenvalue weighted by molar-refractivity contribution is -0.125. The Bertz CT molecular complexity index is 665. The van der Waals surface area contributed by atoms with Gasteiger partial charge in [-0.3, -0.25) is 4.79 Å². The molecular weight excluding hydrogens is 286 g/mol. The van der Waals surface area contributed by atoms with Crippen LogP contribution in [-0.2, 0) is 4.79 Å². The van der Waals surface area contributed by atoms with Gasteiger partial charge in [-0.15, -0.1) is 11.3 Å². The minimum absolute atomic E-state index is 0.339. The van der Waals surface area contributed by atoms with Gasteiger partial charge < -0.3 is 16.4 Å². The Morgan fingerprint density at radius 3 is 2.71 bits per heavy atom. The maximum Gasteiger partial charge on any atom is 0.226 e. The zero-order valence-electron chi connectivity index (χ0n) is 12.8. The molecule has 7 heteroatoms. The Kier molecular flexibility index (Phi) is 4.32. The number of anilines is 2. The zero-order valence-corrected chi connectivity index (χ0v) is 13.6. The number of amides is 1. The van der Waals surface area contributed by atoms with Crippen LogP contribution >= 0.6 is 11.3 Å². The molecule has 4 N–H and O–H groups in total. The van der Waals surface area contributed by atoms with E-state index in [9.17, 15) is 4.79 Å². The maximum atomic E-state index is 11.4. The third-order valence-electron chi connectivity index (χ3n) is 3.22. The number of hydrogen-bond donors (Lipinski definition) is 3. The standard InChI is InChI=1S/C14H21N5OS/c1-5-16-13-18-10(17-7-14(3,4)12(15)20)9-6-8(2)21-11(9)19-13/h6H,5,7H2,1-4H3,(H2,15,20)(H2,16,17,18,19). The molecule has 0 aliphatic carbocycles. The highest BCUT2D eigenvalue weighted by Gasteiger charge is 2.25. The molecule has 0 saturated carbocycles. The van der Waals surface area contributed by atoms with Gasteiger partial charge in [0.15, 0.2) is 0 Å². The van der Waals surface area contributed by atoms with E-state index in [1.54, 1.807) is 11.3 Å². The predicted molar refractivity (Wildman–Crippen MR) is 87.8 cm³/mol. The molecule has 0 aliphatic rings. The molecule has 2 aromatic heterocycles. The van der Waals surface area contributed by atoms with Crippen molar-refractivity contribution >= 4 is 39.2 Å². The SMILES string of the molecule is CCNc1nc(NCC(C)(C)C(N)=O)c2cc(C)sc2n1. The largest absolute Gasteiger partial charge is 0.369 e. The van der Waals surface area contributed by atoms with Gasteiger partial charge in [-0.1, -0.05) is 0 Å². The van der Waals surface area contributed by atoms with E-state index >= 15 is 0 Å². The molecule has 0 fully saturated rings. The van der Waals surface area contributed by atoms with E-state index in [1.165, 1.54) is 4.88 Å². The number of hydrogen-bond acceptors (Lipinski definition) is 6. The average molecular weight is 307 g/mol. The number of nitrogens with two attached hydrogens (primary N) is 1. The summed E-state index contributed by atoms with van der Waals surface area (Å²) in [6, 6.07) is 2.05. The Morgan fingerprint density at radius 2 is 2.10 bits per heavy atom. The number of carbonyl (C=O) groups is 1. The van der Waals surface area contributed by atoms with Crippen LogP contribution in [0.3, 0.4) is 0 Å². The van der Waals surface area contributed by atoms with Crippen LogP contribution in [-0.4, -0.2) is 29.0 Å². The summed E-state index contributed by atoms with van der Waals surface area (Å²) in [5.41, 5.74) is 4.77. The van der Waals surface area contributed by atoms with E-state index in [0.717, 1.165) is 22.6 Å². The Morgan fingerprint density at radius 1 is 1.38 bits per heavy atom. The Balaban J connectivity index is 2.34. The van der Waals surface area contributed by atoms with Gasteiger partial charge in [0.2, 0.25) is 11.9 Å². The number of carbonyl (C=O) groups excluding carboxylic acids is 1. The van der Waals surface area contributed by atoms with Gasteiger partial charge in [0.05, 0.1) is 10.8 Å². The van der Waals surface area contributed by atoms with E-state index < -0.39 is 5.41 Å². The van der Waals surface area contributed by atoms with E-state index in [1.807, 2.05) is 27.7 Å².